The fourth-order valence-corrected chi connectivity index (χ4v) is 6.38. The minimum absolute atomic E-state index is 0.732. The van der Waals surface area contributed by atoms with Crippen molar-refractivity contribution in [3.05, 3.63) is 35.4 Å². The molecule has 2 atom stereocenters. The Morgan fingerprint density at radius 1 is 0.750 bits per heavy atom. The monoisotopic (exact) mass is 382 g/mol. The molecule has 0 heteroatoms. The Morgan fingerprint density at radius 2 is 1.29 bits per heavy atom. The molecule has 0 radical (unpaired) electrons. The van der Waals surface area contributed by atoms with Gasteiger partial charge in [0.15, 0.2) is 0 Å². The van der Waals surface area contributed by atoms with E-state index in [0.29, 0.717) is 0 Å². The molecule has 1 aromatic carbocycles. The van der Waals surface area contributed by atoms with Crippen LogP contribution in [0.2, 0.25) is 0 Å². The second-order valence-corrected chi connectivity index (χ2v) is 10.5. The molecule has 3 rings (SSSR count). The average Bonchev–Trinajstić information content (AvgIpc) is 2.74. The molecule has 1 aromatic rings. The standard InChI is InChI=1S/C28H46/c1-5-6-7-8-24-11-15-26(16-12-24)23(4)28-19-17-27(18-20-28)22(3)25-13-9-21(2)10-14-25/h9-10,13-14,22-24,26-28H,5-8,11-12,15-20H2,1-4H3. The van der Waals surface area contributed by atoms with Crippen molar-refractivity contribution in [1.29, 1.82) is 0 Å². The predicted octanol–water partition coefficient (Wildman–Crippen LogP) is 8.93. The maximum atomic E-state index is 2.61. The molecule has 0 heterocycles. The van der Waals surface area contributed by atoms with Crippen LogP contribution in [0.3, 0.4) is 0 Å². The van der Waals surface area contributed by atoms with Crippen LogP contribution in [0.15, 0.2) is 24.3 Å². The second-order valence-electron chi connectivity index (χ2n) is 10.5. The first kappa shape index (κ1) is 21.9. The summed E-state index contributed by atoms with van der Waals surface area (Å²) < 4.78 is 0. The van der Waals surface area contributed by atoms with E-state index in [9.17, 15) is 0 Å². The van der Waals surface area contributed by atoms with Gasteiger partial charge < -0.3 is 0 Å². The average molecular weight is 383 g/mol. The molecule has 0 bridgehead atoms. The molecule has 0 aromatic heterocycles. The van der Waals surface area contributed by atoms with Crippen LogP contribution in [0, 0.1) is 36.5 Å². The van der Waals surface area contributed by atoms with Crippen LogP contribution in [-0.4, -0.2) is 0 Å². The van der Waals surface area contributed by atoms with Crippen LogP contribution in [0.25, 0.3) is 0 Å². The molecule has 2 aliphatic rings. The highest BCUT2D eigenvalue weighted by Crippen LogP contribution is 2.45. The molecule has 2 unspecified atom stereocenters. The van der Waals surface area contributed by atoms with E-state index in [1.165, 1.54) is 82.6 Å². The Labute approximate surface area is 175 Å². The molecular weight excluding hydrogens is 336 g/mol. The van der Waals surface area contributed by atoms with E-state index in [-0.39, 0.29) is 0 Å². The number of aryl methyl sites for hydroxylation is 1. The van der Waals surface area contributed by atoms with Crippen LogP contribution >= 0.6 is 0 Å². The minimum Gasteiger partial charge on any atom is -0.0654 e. The van der Waals surface area contributed by atoms with E-state index in [4.69, 9.17) is 0 Å². The van der Waals surface area contributed by atoms with Gasteiger partial charge in [-0.2, -0.15) is 0 Å². The van der Waals surface area contributed by atoms with E-state index >= 15 is 0 Å². The summed E-state index contributed by atoms with van der Waals surface area (Å²) in [5.41, 5.74) is 2.94. The van der Waals surface area contributed by atoms with E-state index in [0.717, 1.165) is 35.5 Å². The second kappa shape index (κ2) is 10.8. The Balaban J connectivity index is 1.41. The van der Waals surface area contributed by atoms with Crippen LogP contribution in [0.1, 0.15) is 115 Å². The lowest BCUT2D eigenvalue weighted by atomic mass is 9.65. The first-order chi connectivity index (χ1) is 13.6. The normalized spacial score (nSPS) is 30.7. The maximum absolute atomic E-state index is 2.61. The summed E-state index contributed by atoms with van der Waals surface area (Å²) in [5.74, 6) is 5.69. The third kappa shape index (κ3) is 5.87. The first-order valence-corrected chi connectivity index (χ1v) is 12.6. The zero-order chi connectivity index (χ0) is 19.9. The Hall–Kier alpha value is -0.780. The summed E-state index contributed by atoms with van der Waals surface area (Å²) in [6.07, 6.45) is 17.8. The van der Waals surface area contributed by atoms with Crippen molar-refractivity contribution < 1.29 is 0 Å². The summed E-state index contributed by atoms with van der Waals surface area (Å²) in [4.78, 5) is 0. The van der Waals surface area contributed by atoms with Crippen molar-refractivity contribution in [2.45, 2.75) is 111 Å². The molecule has 0 aliphatic heterocycles. The van der Waals surface area contributed by atoms with Gasteiger partial charge in [0.05, 0.1) is 0 Å². The van der Waals surface area contributed by atoms with Gasteiger partial charge in [0.2, 0.25) is 0 Å². The topological polar surface area (TPSA) is 0 Å². The van der Waals surface area contributed by atoms with Crippen molar-refractivity contribution in [2.75, 3.05) is 0 Å². The molecule has 2 saturated carbocycles. The smallest absolute Gasteiger partial charge is 0.0162 e. The largest absolute Gasteiger partial charge is 0.0654 e. The van der Waals surface area contributed by atoms with E-state index in [1.54, 1.807) is 5.56 Å². The van der Waals surface area contributed by atoms with E-state index < -0.39 is 0 Å². The number of unbranched alkanes of at least 4 members (excludes halogenated alkanes) is 2. The summed E-state index contributed by atoms with van der Waals surface area (Å²) in [5, 5.41) is 0. The molecule has 0 saturated heterocycles. The highest BCUT2D eigenvalue weighted by molar-refractivity contribution is 5.24. The van der Waals surface area contributed by atoms with Crippen LogP contribution in [0.5, 0.6) is 0 Å². The SMILES string of the molecule is CCCCCC1CCC(C(C)C2CCC(C(C)c3ccc(C)cc3)CC2)CC1. The Morgan fingerprint density at radius 3 is 1.86 bits per heavy atom. The van der Waals surface area contributed by atoms with Crippen LogP contribution < -0.4 is 0 Å². The molecule has 0 nitrogen and oxygen atoms in total. The molecule has 158 valence electrons. The summed E-state index contributed by atoms with van der Waals surface area (Å²) in [6, 6.07) is 9.32. The fraction of sp³-hybridized carbons (Fsp3) is 0.786. The van der Waals surface area contributed by atoms with Crippen molar-refractivity contribution in [2.24, 2.45) is 29.6 Å². The number of benzene rings is 1. The van der Waals surface area contributed by atoms with Gasteiger partial charge in [-0.3, -0.25) is 0 Å². The van der Waals surface area contributed by atoms with Crippen molar-refractivity contribution in [1.82, 2.24) is 0 Å². The number of rotatable bonds is 8. The molecule has 28 heavy (non-hydrogen) atoms. The highest BCUT2D eigenvalue weighted by atomic mass is 14.4. The van der Waals surface area contributed by atoms with Crippen LogP contribution in [0.4, 0.5) is 0 Å². The summed E-state index contributed by atoms with van der Waals surface area (Å²) >= 11 is 0. The van der Waals surface area contributed by atoms with Gasteiger partial charge in [0.25, 0.3) is 0 Å². The molecular formula is C28H46. The lowest BCUT2D eigenvalue weighted by molar-refractivity contribution is 0.118. The lowest BCUT2D eigenvalue weighted by Gasteiger charge is -2.40. The van der Waals surface area contributed by atoms with E-state index in [1.807, 2.05) is 0 Å². The predicted molar refractivity (Wildman–Crippen MR) is 124 cm³/mol. The van der Waals surface area contributed by atoms with Gasteiger partial charge in [0.1, 0.15) is 0 Å². The van der Waals surface area contributed by atoms with Gasteiger partial charge in [-0.25, -0.2) is 0 Å². The first-order valence-electron chi connectivity index (χ1n) is 12.6. The third-order valence-electron chi connectivity index (χ3n) is 8.72. The van der Waals surface area contributed by atoms with Crippen molar-refractivity contribution in [3.63, 3.8) is 0 Å². The quantitative estimate of drug-likeness (QED) is 0.394. The number of hydrogen-bond donors (Lipinski definition) is 0. The highest BCUT2D eigenvalue weighted by Gasteiger charge is 2.33. The molecule has 2 fully saturated rings. The zero-order valence-electron chi connectivity index (χ0n) is 19.3. The van der Waals surface area contributed by atoms with Gasteiger partial charge in [-0.05, 0) is 86.5 Å². The molecule has 0 amide bonds. The van der Waals surface area contributed by atoms with Gasteiger partial charge >= 0.3 is 0 Å². The van der Waals surface area contributed by atoms with E-state index in [2.05, 4.69) is 52.0 Å². The Bertz CT molecular complexity index is 540. The maximum Gasteiger partial charge on any atom is -0.0162 e. The fourth-order valence-electron chi connectivity index (χ4n) is 6.38. The van der Waals surface area contributed by atoms with Crippen LogP contribution in [-0.2, 0) is 0 Å². The Kier molecular flexibility index (Phi) is 8.49. The number of hydrogen-bond acceptors (Lipinski definition) is 0. The molecule has 2 aliphatic carbocycles. The van der Waals surface area contributed by atoms with Crippen molar-refractivity contribution >= 4 is 0 Å². The third-order valence-corrected chi connectivity index (χ3v) is 8.72. The lowest BCUT2D eigenvalue weighted by Crippen LogP contribution is -2.29. The van der Waals surface area contributed by atoms with Gasteiger partial charge in [0, 0.05) is 0 Å². The zero-order valence-corrected chi connectivity index (χ0v) is 19.3. The van der Waals surface area contributed by atoms with Gasteiger partial charge in [-0.15, -0.1) is 0 Å². The summed E-state index contributed by atoms with van der Waals surface area (Å²) in [6.45, 7) is 9.60. The minimum atomic E-state index is 0.732. The van der Waals surface area contributed by atoms with Crippen molar-refractivity contribution in [3.8, 4) is 0 Å². The molecule has 0 N–H and O–H groups in total. The summed E-state index contributed by atoms with van der Waals surface area (Å²) in [7, 11) is 0. The van der Waals surface area contributed by atoms with Gasteiger partial charge in [-0.1, -0.05) is 89.1 Å². The molecule has 0 spiro atoms.